The topological polar surface area (TPSA) is 40.5 Å². The minimum Gasteiger partial charge on any atom is -0.508 e. The van der Waals surface area contributed by atoms with Crippen molar-refractivity contribution in [3.63, 3.8) is 0 Å². The van der Waals surface area contributed by atoms with E-state index >= 15 is 0 Å². The van der Waals surface area contributed by atoms with Crippen LogP contribution < -0.4 is 0 Å². The van der Waals surface area contributed by atoms with Gasteiger partial charge in [0.1, 0.15) is 11.5 Å². The Bertz CT molecular complexity index is 878. The van der Waals surface area contributed by atoms with Gasteiger partial charge in [0, 0.05) is 16.4 Å². The first-order valence-corrected chi connectivity index (χ1v) is 8.44. The molecule has 23 heavy (non-hydrogen) atoms. The van der Waals surface area contributed by atoms with Gasteiger partial charge in [-0.05, 0) is 64.1 Å². The van der Waals surface area contributed by atoms with Gasteiger partial charge in [0.05, 0.1) is 0 Å². The fourth-order valence-electron chi connectivity index (χ4n) is 3.22. The molecule has 0 amide bonds. The van der Waals surface area contributed by atoms with E-state index in [-0.39, 0.29) is 11.7 Å². The number of phenolic OH excluding ortho intramolecular Hbond substituents is 1. The highest BCUT2D eigenvalue weighted by atomic mass is 32.1. The molecule has 4 rings (SSSR count). The highest BCUT2D eigenvalue weighted by Gasteiger charge is 2.29. The third kappa shape index (κ3) is 2.34. The van der Waals surface area contributed by atoms with Gasteiger partial charge in [0.15, 0.2) is 0 Å². The van der Waals surface area contributed by atoms with Crippen molar-refractivity contribution in [3.05, 3.63) is 87.4 Å². The lowest BCUT2D eigenvalue weighted by molar-refractivity contribution is 0.424. The van der Waals surface area contributed by atoms with Crippen molar-refractivity contribution in [1.29, 1.82) is 0 Å². The van der Waals surface area contributed by atoms with E-state index in [9.17, 15) is 10.2 Å². The zero-order chi connectivity index (χ0) is 16.0. The highest BCUT2D eigenvalue weighted by Crippen LogP contribution is 2.48. The fraction of sp³-hybridized carbons (Fsp3) is 0.100. The Morgan fingerprint density at radius 2 is 1.78 bits per heavy atom. The van der Waals surface area contributed by atoms with Gasteiger partial charge in [0.2, 0.25) is 0 Å². The number of aliphatic hydroxyl groups excluding tert-OH is 1. The number of allylic oxidation sites excluding steroid dienone is 7. The monoisotopic (exact) mass is 320 g/mol. The van der Waals surface area contributed by atoms with Crippen LogP contribution in [0.3, 0.4) is 0 Å². The van der Waals surface area contributed by atoms with Gasteiger partial charge in [-0.25, -0.2) is 0 Å². The predicted molar refractivity (Wildman–Crippen MR) is 95.3 cm³/mol. The van der Waals surface area contributed by atoms with Crippen LogP contribution in [0.15, 0.2) is 76.9 Å². The van der Waals surface area contributed by atoms with Gasteiger partial charge >= 0.3 is 0 Å². The van der Waals surface area contributed by atoms with Gasteiger partial charge in [-0.1, -0.05) is 25.1 Å². The van der Waals surface area contributed by atoms with Crippen LogP contribution in [0.25, 0.3) is 11.1 Å². The highest BCUT2D eigenvalue weighted by molar-refractivity contribution is 7.11. The van der Waals surface area contributed by atoms with Crippen molar-refractivity contribution < 1.29 is 10.2 Å². The first-order chi connectivity index (χ1) is 11.1. The van der Waals surface area contributed by atoms with Crippen LogP contribution in [0.1, 0.15) is 17.4 Å². The molecule has 114 valence electrons. The molecule has 2 aliphatic carbocycles. The van der Waals surface area contributed by atoms with Gasteiger partial charge in [-0.15, -0.1) is 11.3 Å². The molecule has 2 N–H and O–H groups in total. The molecule has 1 atom stereocenters. The van der Waals surface area contributed by atoms with Gasteiger partial charge in [-0.2, -0.15) is 0 Å². The normalized spacial score (nSPS) is 20.0. The van der Waals surface area contributed by atoms with E-state index in [2.05, 4.69) is 24.4 Å². The Kier molecular flexibility index (Phi) is 3.24. The van der Waals surface area contributed by atoms with Crippen molar-refractivity contribution in [3.8, 4) is 5.75 Å². The van der Waals surface area contributed by atoms with Crippen molar-refractivity contribution >= 4 is 22.5 Å². The number of hydrogen-bond acceptors (Lipinski definition) is 3. The van der Waals surface area contributed by atoms with E-state index in [4.69, 9.17) is 0 Å². The van der Waals surface area contributed by atoms with Crippen molar-refractivity contribution in [2.24, 2.45) is 5.92 Å². The molecule has 2 aliphatic rings. The van der Waals surface area contributed by atoms with E-state index < -0.39 is 0 Å². The summed E-state index contributed by atoms with van der Waals surface area (Å²) in [5.41, 5.74) is 5.70. The summed E-state index contributed by atoms with van der Waals surface area (Å²) in [6.45, 7) is 2.10. The number of thiophene rings is 1. The maximum Gasteiger partial charge on any atom is 0.115 e. The first-order valence-electron chi connectivity index (χ1n) is 7.56. The summed E-state index contributed by atoms with van der Waals surface area (Å²) in [6.07, 6.45) is 5.94. The summed E-state index contributed by atoms with van der Waals surface area (Å²) in [5, 5.41) is 21.7. The van der Waals surface area contributed by atoms with E-state index in [1.54, 1.807) is 23.5 Å². The minimum atomic E-state index is 0.180. The van der Waals surface area contributed by atoms with Crippen LogP contribution in [-0.2, 0) is 0 Å². The molecule has 0 fully saturated rings. The average molecular weight is 320 g/mol. The summed E-state index contributed by atoms with van der Waals surface area (Å²) in [4.78, 5) is 1.19. The number of benzene rings is 1. The SMILES string of the molecule is CC1C=C(O)C=C2C1=CC(c1ccc(O)cc1)=C2c1cccs1. The van der Waals surface area contributed by atoms with Crippen molar-refractivity contribution in [2.45, 2.75) is 6.92 Å². The molecular formula is C20H16O2S. The predicted octanol–water partition coefficient (Wildman–Crippen LogP) is 5.32. The number of aromatic hydroxyl groups is 1. The largest absolute Gasteiger partial charge is 0.508 e. The molecule has 0 saturated heterocycles. The first kappa shape index (κ1) is 14.1. The van der Waals surface area contributed by atoms with Gasteiger partial charge in [0.25, 0.3) is 0 Å². The Balaban J connectivity index is 1.95. The van der Waals surface area contributed by atoms with Crippen LogP contribution in [0, 0.1) is 5.92 Å². The molecule has 0 saturated carbocycles. The lowest BCUT2D eigenvalue weighted by Crippen LogP contribution is -2.04. The van der Waals surface area contributed by atoms with Crippen molar-refractivity contribution in [2.75, 3.05) is 0 Å². The van der Waals surface area contributed by atoms with Crippen molar-refractivity contribution in [1.82, 2.24) is 0 Å². The lowest BCUT2D eigenvalue weighted by Gasteiger charge is -2.18. The summed E-state index contributed by atoms with van der Waals surface area (Å²) < 4.78 is 0. The van der Waals surface area contributed by atoms with Gasteiger partial charge in [-0.3, -0.25) is 0 Å². The molecule has 3 heteroatoms. The maximum atomic E-state index is 10.0. The second kappa shape index (κ2) is 5.28. The molecule has 0 spiro atoms. The van der Waals surface area contributed by atoms with E-state index in [1.165, 1.54) is 10.5 Å². The fourth-order valence-corrected chi connectivity index (χ4v) is 4.02. The second-order valence-electron chi connectivity index (χ2n) is 5.85. The minimum absolute atomic E-state index is 0.180. The molecule has 0 radical (unpaired) electrons. The maximum absolute atomic E-state index is 10.0. The Hall–Kier alpha value is -2.52. The van der Waals surface area contributed by atoms with Crippen LogP contribution in [0.5, 0.6) is 5.75 Å². The van der Waals surface area contributed by atoms with E-state index in [0.29, 0.717) is 5.76 Å². The van der Waals surface area contributed by atoms with Gasteiger partial charge < -0.3 is 10.2 Å². The molecule has 1 aromatic heterocycles. The summed E-state index contributed by atoms with van der Waals surface area (Å²) in [6, 6.07) is 11.4. The zero-order valence-corrected chi connectivity index (χ0v) is 13.5. The van der Waals surface area contributed by atoms with Crippen LogP contribution in [0.4, 0.5) is 0 Å². The Morgan fingerprint density at radius 1 is 1.00 bits per heavy atom. The molecule has 0 aliphatic heterocycles. The molecule has 1 heterocycles. The number of fused-ring (bicyclic) bond motifs is 1. The average Bonchev–Trinajstić information content (AvgIpc) is 3.14. The molecule has 2 nitrogen and oxygen atoms in total. The smallest absolute Gasteiger partial charge is 0.115 e. The van der Waals surface area contributed by atoms with E-state index in [1.807, 2.05) is 30.4 Å². The number of aliphatic hydroxyl groups is 1. The summed E-state index contributed by atoms with van der Waals surface area (Å²) >= 11 is 1.70. The Labute approximate surface area is 139 Å². The van der Waals surface area contributed by atoms with Crippen LogP contribution >= 0.6 is 11.3 Å². The number of hydrogen-bond donors (Lipinski definition) is 2. The summed E-state index contributed by atoms with van der Waals surface area (Å²) in [7, 11) is 0. The standard InChI is InChI=1S/C20H16O2S/c1-12-9-15(22)10-18-16(12)11-17(13-4-6-14(21)7-5-13)20(18)19-3-2-8-23-19/h2-12,21-22H,1H3. The number of phenols is 1. The lowest BCUT2D eigenvalue weighted by atomic mass is 9.87. The second-order valence-corrected chi connectivity index (χ2v) is 6.80. The third-order valence-corrected chi connectivity index (χ3v) is 5.19. The number of rotatable bonds is 2. The zero-order valence-electron chi connectivity index (χ0n) is 12.7. The quantitative estimate of drug-likeness (QED) is 0.786. The van der Waals surface area contributed by atoms with E-state index in [0.717, 1.165) is 22.3 Å². The molecule has 1 unspecified atom stereocenters. The van der Waals surface area contributed by atoms with Crippen LogP contribution in [-0.4, -0.2) is 10.2 Å². The third-order valence-electron chi connectivity index (χ3n) is 4.30. The van der Waals surface area contributed by atoms with Crippen LogP contribution in [0.2, 0.25) is 0 Å². The molecule has 1 aromatic carbocycles. The Morgan fingerprint density at radius 3 is 2.48 bits per heavy atom. The summed E-state index contributed by atoms with van der Waals surface area (Å²) in [5.74, 6) is 0.771. The molecule has 0 bridgehead atoms. The molecular weight excluding hydrogens is 304 g/mol. The molecule has 2 aromatic rings.